The number of rotatable bonds is 4. The van der Waals surface area contributed by atoms with E-state index in [1.165, 1.54) is 11.8 Å². The van der Waals surface area contributed by atoms with Gasteiger partial charge in [0.1, 0.15) is 5.03 Å². The Morgan fingerprint density at radius 3 is 2.80 bits per heavy atom. The standard InChI is InChI=1S/C12H10ClNO4S2/c13-20(15,16)4-3-19-12-9-6-11-10(17-7-18-11)5-8(9)1-2-14-12/h1-2,5-6H,3-4,7H2. The number of pyridine rings is 1. The van der Waals surface area contributed by atoms with Crippen LogP contribution in [0.25, 0.3) is 10.8 Å². The summed E-state index contributed by atoms with van der Waals surface area (Å²) in [7, 11) is 1.72. The number of nitrogens with zero attached hydrogens (tertiary/aromatic N) is 1. The molecule has 0 radical (unpaired) electrons. The van der Waals surface area contributed by atoms with E-state index in [2.05, 4.69) is 4.98 Å². The van der Waals surface area contributed by atoms with Crippen LogP contribution in [-0.2, 0) is 9.05 Å². The van der Waals surface area contributed by atoms with Gasteiger partial charge >= 0.3 is 0 Å². The van der Waals surface area contributed by atoms with E-state index in [1.807, 2.05) is 18.2 Å². The molecule has 0 amide bonds. The third kappa shape index (κ3) is 2.94. The first-order valence-corrected chi connectivity index (χ1v) is 9.23. The van der Waals surface area contributed by atoms with Crippen LogP contribution in [0.15, 0.2) is 29.4 Å². The highest BCUT2D eigenvalue weighted by Gasteiger charge is 2.16. The topological polar surface area (TPSA) is 65.5 Å². The van der Waals surface area contributed by atoms with Gasteiger partial charge in [0.05, 0.1) is 5.75 Å². The summed E-state index contributed by atoms with van der Waals surface area (Å²) in [6.45, 7) is 0.214. The smallest absolute Gasteiger partial charge is 0.233 e. The largest absolute Gasteiger partial charge is 0.454 e. The zero-order valence-electron chi connectivity index (χ0n) is 10.2. The van der Waals surface area contributed by atoms with Crippen LogP contribution in [0.3, 0.4) is 0 Å². The Hall–Kier alpha value is -1.18. The zero-order chi connectivity index (χ0) is 14.2. The molecule has 106 valence electrons. The predicted octanol–water partition coefficient (Wildman–Crippen LogP) is 2.62. The maximum Gasteiger partial charge on any atom is 0.233 e. The van der Waals surface area contributed by atoms with Crippen molar-refractivity contribution >= 4 is 42.3 Å². The fourth-order valence-electron chi connectivity index (χ4n) is 1.89. The van der Waals surface area contributed by atoms with Crippen molar-refractivity contribution in [1.29, 1.82) is 0 Å². The molecule has 20 heavy (non-hydrogen) atoms. The number of thioether (sulfide) groups is 1. The summed E-state index contributed by atoms with van der Waals surface area (Å²) in [6.07, 6.45) is 1.68. The molecule has 0 fully saturated rings. The normalized spacial score (nSPS) is 13.8. The number of hydrogen-bond acceptors (Lipinski definition) is 6. The third-order valence-corrected chi connectivity index (χ3v) is 5.21. The highest BCUT2D eigenvalue weighted by Crippen LogP contribution is 2.38. The van der Waals surface area contributed by atoms with Crippen LogP contribution in [0.1, 0.15) is 0 Å². The van der Waals surface area contributed by atoms with Crippen LogP contribution in [0.4, 0.5) is 0 Å². The summed E-state index contributed by atoms with van der Waals surface area (Å²) in [5, 5.41) is 2.63. The second-order valence-electron chi connectivity index (χ2n) is 4.13. The van der Waals surface area contributed by atoms with E-state index in [-0.39, 0.29) is 12.5 Å². The van der Waals surface area contributed by atoms with Gasteiger partial charge in [-0.05, 0) is 23.6 Å². The van der Waals surface area contributed by atoms with E-state index in [4.69, 9.17) is 20.2 Å². The highest BCUT2D eigenvalue weighted by molar-refractivity contribution is 8.14. The first kappa shape index (κ1) is 13.8. The highest BCUT2D eigenvalue weighted by atomic mass is 35.7. The van der Waals surface area contributed by atoms with E-state index in [1.54, 1.807) is 6.20 Å². The molecule has 3 rings (SSSR count). The molecular formula is C12H10ClNO4S2. The van der Waals surface area contributed by atoms with Gasteiger partial charge in [-0.2, -0.15) is 0 Å². The van der Waals surface area contributed by atoms with Gasteiger partial charge in [-0.1, -0.05) is 0 Å². The molecule has 1 aliphatic rings. The van der Waals surface area contributed by atoms with Crippen LogP contribution >= 0.6 is 22.4 Å². The lowest BCUT2D eigenvalue weighted by Gasteiger charge is -2.06. The van der Waals surface area contributed by atoms with Gasteiger partial charge in [-0.3, -0.25) is 0 Å². The lowest BCUT2D eigenvalue weighted by Crippen LogP contribution is -2.00. The van der Waals surface area contributed by atoms with Crippen molar-refractivity contribution in [2.75, 3.05) is 18.3 Å². The summed E-state index contributed by atoms with van der Waals surface area (Å²) in [4.78, 5) is 4.28. The summed E-state index contributed by atoms with van der Waals surface area (Å²) in [5.74, 6) is 1.65. The van der Waals surface area contributed by atoms with Gasteiger partial charge in [0.2, 0.25) is 15.8 Å². The molecule has 0 bridgehead atoms. The molecule has 8 heteroatoms. The van der Waals surface area contributed by atoms with Crippen molar-refractivity contribution in [1.82, 2.24) is 4.98 Å². The van der Waals surface area contributed by atoms with E-state index in [0.717, 1.165) is 15.8 Å². The molecule has 1 aromatic heterocycles. The second kappa shape index (κ2) is 5.31. The molecule has 0 atom stereocenters. The Balaban J connectivity index is 1.91. The Labute approximate surface area is 124 Å². The molecule has 0 aliphatic carbocycles. The molecule has 1 aromatic carbocycles. The van der Waals surface area contributed by atoms with Gasteiger partial charge < -0.3 is 9.47 Å². The van der Waals surface area contributed by atoms with Crippen LogP contribution in [0.5, 0.6) is 11.5 Å². The van der Waals surface area contributed by atoms with E-state index in [9.17, 15) is 8.42 Å². The summed E-state index contributed by atoms with van der Waals surface area (Å²) >= 11 is 1.35. The minimum atomic E-state index is -3.48. The Kier molecular flexibility index (Phi) is 3.66. The van der Waals surface area contributed by atoms with Crippen molar-refractivity contribution in [3.63, 3.8) is 0 Å². The second-order valence-corrected chi connectivity index (χ2v) is 8.11. The molecule has 1 aliphatic heterocycles. The van der Waals surface area contributed by atoms with Crippen LogP contribution in [0.2, 0.25) is 0 Å². The third-order valence-electron chi connectivity index (χ3n) is 2.79. The maximum atomic E-state index is 10.9. The molecule has 0 N–H and O–H groups in total. The molecule has 2 heterocycles. The van der Waals surface area contributed by atoms with Crippen LogP contribution in [-0.4, -0.2) is 31.7 Å². The van der Waals surface area contributed by atoms with E-state index >= 15 is 0 Å². The Morgan fingerprint density at radius 1 is 1.30 bits per heavy atom. The number of aromatic nitrogens is 1. The van der Waals surface area contributed by atoms with Crippen molar-refractivity contribution < 1.29 is 17.9 Å². The first-order valence-electron chi connectivity index (χ1n) is 5.76. The maximum absolute atomic E-state index is 10.9. The SMILES string of the molecule is O=S(=O)(Cl)CCSc1nccc2cc3c(cc12)OCO3. The van der Waals surface area contributed by atoms with Gasteiger partial charge in [0, 0.05) is 28.0 Å². The lowest BCUT2D eigenvalue weighted by molar-refractivity contribution is 0.174. The minimum absolute atomic E-state index is 0.0954. The molecule has 0 unspecified atom stereocenters. The van der Waals surface area contributed by atoms with Crippen molar-refractivity contribution in [2.45, 2.75) is 5.03 Å². The number of hydrogen-bond donors (Lipinski definition) is 0. The fraction of sp³-hybridized carbons (Fsp3) is 0.250. The molecule has 2 aromatic rings. The predicted molar refractivity (Wildman–Crippen MR) is 78.2 cm³/mol. The number of halogens is 1. The van der Waals surface area contributed by atoms with Gasteiger partial charge in [0.25, 0.3) is 0 Å². The summed E-state index contributed by atoms with van der Waals surface area (Å²) < 4.78 is 32.5. The summed E-state index contributed by atoms with van der Waals surface area (Å²) in [6, 6.07) is 5.63. The summed E-state index contributed by atoms with van der Waals surface area (Å²) in [5.41, 5.74) is 0. The molecule has 0 saturated carbocycles. The quantitative estimate of drug-likeness (QED) is 0.634. The van der Waals surface area contributed by atoms with Crippen molar-refractivity contribution in [3.8, 4) is 11.5 Å². The van der Waals surface area contributed by atoms with E-state index < -0.39 is 9.05 Å². The van der Waals surface area contributed by atoms with Crippen LogP contribution < -0.4 is 9.47 Å². The average Bonchev–Trinajstić information content (AvgIpc) is 2.82. The van der Waals surface area contributed by atoms with Crippen molar-refractivity contribution in [3.05, 3.63) is 24.4 Å². The molecule has 0 saturated heterocycles. The van der Waals surface area contributed by atoms with E-state index in [0.29, 0.717) is 17.3 Å². The van der Waals surface area contributed by atoms with Gasteiger partial charge in [-0.25, -0.2) is 13.4 Å². The number of fused-ring (bicyclic) bond motifs is 2. The Morgan fingerprint density at radius 2 is 2.05 bits per heavy atom. The average molecular weight is 332 g/mol. The lowest BCUT2D eigenvalue weighted by atomic mass is 10.1. The zero-order valence-corrected chi connectivity index (χ0v) is 12.6. The monoisotopic (exact) mass is 331 g/mol. The molecule has 5 nitrogen and oxygen atoms in total. The van der Waals surface area contributed by atoms with Gasteiger partial charge in [-0.15, -0.1) is 11.8 Å². The fourth-order valence-corrected chi connectivity index (χ4v) is 4.25. The molecule has 0 spiro atoms. The Bertz CT molecular complexity index is 763. The minimum Gasteiger partial charge on any atom is -0.454 e. The molecular weight excluding hydrogens is 322 g/mol. The van der Waals surface area contributed by atoms with Crippen molar-refractivity contribution in [2.24, 2.45) is 0 Å². The van der Waals surface area contributed by atoms with Gasteiger partial charge in [0.15, 0.2) is 11.5 Å². The first-order chi connectivity index (χ1) is 9.53. The number of benzene rings is 1. The van der Waals surface area contributed by atoms with Crippen LogP contribution in [0, 0.1) is 0 Å². The number of ether oxygens (including phenoxy) is 2.